The van der Waals surface area contributed by atoms with Crippen LogP contribution in [0.3, 0.4) is 0 Å². The number of pyridine rings is 1. The summed E-state index contributed by atoms with van der Waals surface area (Å²) in [6, 6.07) is 39.0. The van der Waals surface area contributed by atoms with Crippen molar-refractivity contribution in [3.05, 3.63) is 138 Å². The van der Waals surface area contributed by atoms with Gasteiger partial charge in [-0.3, -0.25) is 4.98 Å². The van der Waals surface area contributed by atoms with Gasteiger partial charge in [0.2, 0.25) is 0 Å². The van der Waals surface area contributed by atoms with Gasteiger partial charge in [-0.2, -0.15) is 0 Å². The van der Waals surface area contributed by atoms with E-state index in [0.717, 1.165) is 5.69 Å². The second kappa shape index (κ2) is 6.41. The van der Waals surface area contributed by atoms with Crippen molar-refractivity contribution in [2.24, 2.45) is 0 Å². The summed E-state index contributed by atoms with van der Waals surface area (Å²) in [6.45, 7) is 0. The monoisotopic (exact) mass is 408 g/mol. The van der Waals surface area contributed by atoms with Gasteiger partial charge in [0.15, 0.2) is 0 Å². The molecule has 6 aromatic rings. The van der Waals surface area contributed by atoms with Crippen LogP contribution in [0.2, 0.25) is 0 Å². The van der Waals surface area contributed by atoms with Crippen molar-refractivity contribution in [3.8, 4) is 11.1 Å². The van der Waals surface area contributed by atoms with E-state index < -0.39 is 5.41 Å². The van der Waals surface area contributed by atoms with E-state index in [2.05, 4.69) is 108 Å². The third kappa shape index (κ3) is 2.11. The number of aromatic amines is 1. The lowest BCUT2D eigenvalue weighted by atomic mass is 9.70. The molecule has 2 heterocycles. The van der Waals surface area contributed by atoms with Gasteiger partial charge in [0, 0.05) is 28.0 Å². The Morgan fingerprint density at radius 2 is 1.38 bits per heavy atom. The number of para-hydroxylation sites is 1. The maximum Gasteiger partial charge on any atom is 0.0886 e. The number of fused-ring (bicyclic) bond motifs is 7. The first-order valence-electron chi connectivity index (χ1n) is 11.0. The van der Waals surface area contributed by atoms with E-state index in [-0.39, 0.29) is 0 Å². The zero-order valence-corrected chi connectivity index (χ0v) is 17.4. The molecule has 1 unspecified atom stereocenters. The van der Waals surface area contributed by atoms with Crippen LogP contribution >= 0.6 is 0 Å². The highest BCUT2D eigenvalue weighted by atomic mass is 14.7. The van der Waals surface area contributed by atoms with E-state index in [9.17, 15) is 0 Å². The summed E-state index contributed by atoms with van der Waals surface area (Å²) in [7, 11) is 0. The van der Waals surface area contributed by atoms with Gasteiger partial charge in [-0.1, -0.05) is 91.0 Å². The molecule has 0 aliphatic heterocycles. The highest BCUT2D eigenvalue weighted by Gasteiger charge is 2.47. The Morgan fingerprint density at radius 1 is 0.594 bits per heavy atom. The summed E-state index contributed by atoms with van der Waals surface area (Å²) in [5, 5.41) is 2.52. The van der Waals surface area contributed by atoms with Crippen LogP contribution in [0, 0.1) is 0 Å². The molecule has 0 spiro atoms. The molecule has 7 rings (SSSR count). The molecule has 32 heavy (non-hydrogen) atoms. The van der Waals surface area contributed by atoms with Crippen LogP contribution in [0.1, 0.15) is 22.4 Å². The normalized spacial score (nSPS) is 16.9. The van der Waals surface area contributed by atoms with Crippen LogP contribution < -0.4 is 0 Å². The van der Waals surface area contributed by atoms with E-state index in [0.29, 0.717) is 0 Å². The van der Waals surface area contributed by atoms with Gasteiger partial charge in [0.05, 0.1) is 16.6 Å². The Kier molecular flexibility index (Phi) is 3.51. The molecule has 1 aliphatic carbocycles. The largest absolute Gasteiger partial charge is 0.354 e. The highest BCUT2D eigenvalue weighted by molar-refractivity contribution is 6.14. The molecule has 2 heteroatoms. The van der Waals surface area contributed by atoms with Crippen molar-refractivity contribution in [1.82, 2.24) is 9.97 Å². The molecule has 0 radical (unpaired) electrons. The Labute approximate surface area is 186 Å². The molecule has 0 fully saturated rings. The van der Waals surface area contributed by atoms with E-state index in [4.69, 9.17) is 4.98 Å². The number of rotatable bonds is 2. The van der Waals surface area contributed by atoms with Gasteiger partial charge in [-0.25, -0.2) is 0 Å². The number of nitrogens with zero attached hydrogens (tertiary/aromatic N) is 1. The van der Waals surface area contributed by atoms with Crippen LogP contribution in [-0.2, 0) is 5.41 Å². The lowest BCUT2D eigenvalue weighted by Gasteiger charge is -2.32. The first-order valence-corrected chi connectivity index (χ1v) is 11.0. The number of hydrogen-bond donors (Lipinski definition) is 1. The molecule has 1 N–H and O–H groups in total. The minimum Gasteiger partial charge on any atom is -0.354 e. The van der Waals surface area contributed by atoms with Gasteiger partial charge in [-0.15, -0.1) is 0 Å². The lowest BCUT2D eigenvalue weighted by molar-refractivity contribution is 0.735. The fraction of sp³-hybridized carbons (Fsp3) is 0.0333. The van der Waals surface area contributed by atoms with Crippen LogP contribution in [0.4, 0.5) is 0 Å². The molecular weight excluding hydrogens is 388 g/mol. The Balaban J connectivity index is 1.71. The highest BCUT2D eigenvalue weighted by Crippen LogP contribution is 2.57. The zero-order valence-electron chi connectivity index (χ0n) is 17.4. The first kappa shape index (κ1) is 17.5. The van der Waals surface area contributed by atoms with Crippen LogP contribution in [0.15, 0.2) is 115 Å². The van der Waals surface area contributed by atoms with Crippen LogP contribution in [0.25, 0.3) is 32.9 Å². The van der Waals surface area contributed by atoms with E-state index in [1.807, 2.05) is 12.3 Å². The molecule has 0 bridgehead atoms. The SMILES string of the molecule is c1ccc(C2(c3ccccn3)c3ccccc3-c3c2ccc2c3[nH]c3ccccc32)cc1. The molecule has 0 saturated heterocycles. The maximum atomic E-state index is 4.92. The predicted molar refractivity (Wildman–Crippen MR) is 131 cm³/mol. The predicted octanol–water partition coefficient (Wildman–Crippen LogP) is 7.08. The van der Waals surface area contributed by atoms with Crippen molar-refractivity contribution in [3.63, 3.8) is 0 Å². The topological polar surface area (TPSA) is 28.7 Å². The quantitative estimate of drug-likeness (QED) is 0.325. The second-order valence-electron chi connectivity index (χ2n) is 8.46. The van der Waals surface area contributed by atoms with Gasteiger partial charge >= 0.3 is 0 Å². The third-order valence-electron chi connectivity index (χ3n) is 6.94. The second-order valence-corrected chi connectivity index (χ2v) is 8.46. The van der Waals surface area contributed by atoms with Crippen LogP contribution in [-0.4, -0.2) is 9.97 Å². The molecule has 2 aromatic heterocycles. The average Bonchev–Trinajstić information content (AvgIpc) is 3.39. The van der Waals surface area contributed by atoms with Gasteiger partial charge in [0.1, 0.15) is 0 Å². The Morgan fingerprint density at radius 3 is 2.25 bits per heavy atom. The molecule has 1 aliphatic rings. The van der Waals surface area contributed by atoms with Crippen molar-refractivity contribution in [1.29, 1.82) is 0 Å². The standard InChI is InChI=1S/C30H20N2/c1-2-10-20(11-3-1)30(27-16-8-9-19-31-27)24-14-6-4-13-23(24)28-25(30)18-17-22-21-12-5-7-15-26(21)32-29(22)28/h1-19,32H. The number of H-pyrrole nitrogens is 1. The Bertz CT molecular complexity index is 1570. The van der Waals surface area contributed by atoms with Gasteiger partial charge < -0.3 is 4.98 Å². The molecular formula is C30H20N2. The lowest BCUT2D eigenvalue weighted by Crippen LogP contribution is -2.29. The molecule has 2 nitrogen and oxygen atoms in total. The molecule has 4 aromatic carbocycles. The smallest absolute Gasteiger partial charge is 0.0886 e. The summed E-state index contributed by atoms with van der Waals surface area (Å²) in [5.41, 5.74) is 9.31. The van der Waals surface area contributed by atoms with Crippen molar-refractivity contribution >= 4 is 21.8 Å². The summed E-state index contributed by atoms with van der Waals surface area (Å²) >= 11 is 0. The van der Waals surface area contributed by atoms with Crippen molar-refractivity contribution in [2.75, 3.05) is 0 Å². The van der Waals surface area contributed by atoms with E-state index in [1.54, 1.807) is 0 Å². The summed E-state index contributed by atoms with van der Waals surface area (Å²) < 4.78 is 0. The van der Waals surface area contributed by atoms with Crippen molar-refractivity contribution in [2.45, 2.75) is 5.41 Å². The summed E-state index contributed by atoms with van der Waals surface area (Å²) in [4.78, 5) is 8.66. The van der Waals surface area contributed by atoms with Gasteiger partial charge in [0.25, 0.3) is 0 Å². The minimum atomic E-state index is -0.458. The molecule has 0 saturated carbocycles. The fourth-order valence-corrected chi connectivity index (χ4v) is 5.69. The number of aromatic nitrogens is 2. The zero-order chi connectivity index (χ0) is 21.1. The molecule has 0 amide bonds. The van der Waals surface area contributed by atoms with E-state index >= 15 is 0 Å². The number of nitrogens with one attached hydrogen (secondary N) is 1. The average molecular weight is 409 g/mol. The number of hydrogen-bond acceptors (Lipinski definition) is 1. The van der Waals surface area contributed by atoms with Crippen molar-refractivity contribution < 1.29 is 0 Å². The molecule has 150 valence electrons. The molecule has 1 atom stereocenters. The fourth-order valence-electron chi connectivity index (χ4n) is 5.69. The third-order valence-corrected chi connectivity index (χ3v) is 6.94. The summed E-state index contributed by atoms with van der Waals surface area (Å²) in [6.07, 6.45) is 1.90. The number of benzene rings is 4. The first-order chi connectivity index (χ1) is 15.9. The maximum absolute atomic E-state index is 4.92. The Hall–Kier alpha value is -4.17. The van der Waals surface area contributed by atoms with Gasteiger partial charge in [-0.05, 0) is 40.5 Å². The summed E-state index contributed by atoms with van der Waals surface area (Å²) in [5.74, 6) is 0. The van der Waals surface area contributed by atoms with Crippen LogP contribution in [0.5, 0.6) is 0 Å². The van der Waals surface area contributed by atoms with E-state index in [1.165, 1.54) is 49.6 Å². The minimum absolute atomic E-state index is 0.458.